The van der Waals surface area contributed by atoms with Gasteiger partial charge in [0.2, 0.25) is 0 Å². The molecular weight excluding hydrogens is 164 g/mol. The van der Waals surface area contributed by atoms with Crippen molar-refractivity contribution in [3.05, 3.63) is 29.8 Å². The molecule has 0 amide bonds. The minimum atomic E-state index is 0. The lowest BCUT2D eigenvalue weighted by Gasteiger charge is -2.00. The maximum absolute atomic E-state index is 9.15. The summed E-state index contributed by atoms with van der Waals surface area (Å²) in [7, 11) is 0. The number of rotatable bonds is 2. The zero-order valence-corrected chi connectivity index (χ0v) is 6.77. The van der Waals surface area contributed by atoms with Gasteiger partial charge in [-0.15, -0.1) is 12.4 Å². The van der Waals surface area contributed by atoms with Gasteiger partial charge in [0.05, 0.1) is 0 Å². The molecule has 3 nitrogen and oxygen atoms in total. The van der Waals surface area contributed by atoms with Crippen LogP contribution in [-0.2, 0) is 6.54 Å². The van der Waals surface area contributed by atoms with Crippen LogP contribution in [0.25, 0.3) is 0 Å². The summed E-state index contributed by atoms with van der Waals surface area (Å²) < 4.78 is 0. The van der Waals surface area contributed by atoms with Crippen LogP contribution in [0.1, 0.15) is 5.56 Å². The lowest BCUT2D eigenvalue weighted by molar-refractivity contribution is 0.465. The number of hydrazine groups is 1. The van der Waals surface area contributed by atoms with Gasteiger partial charge in [-0.05, 0) is 6.07 Å². The second-order valence-corrected chi connectivity index (χ2v) is 2.01. The molecule has 4 heteroatoms. The fourth-order valence-electron chi connectivity index (χ4n) is 0.770. The van der Waals surface area contributed by atoms with Crippen molar-refractivity contribution in [1.82, 2.24) is 5.43 Å². The molecule has 0 aliphatic rings. The standard InChI is InChI=1S/C7H10N2O.ClH/c8-9-5-6-3-1-2-4-7(6)10;/h1-4,9-10H,5,8H2;1H. The number of benzene rings is 1. The van der Waals surface area contributed by atoms with Crippen LogP contribution < -0.4 is 11.3 Å². The Morgan fingerprint density at radius 1 is 1.36 bits per heavy atom. The summed E-state index contributed by atoms with van der Waals surface area (Å²) in [5.41, 5.74) is 3.28. The molecular formula is C7H11ClN2O. The van der Waals surface area contributed by atoms with Crippen molar-refractivity contribution >= 4 is 12.4 Å². The predicted octanol–water partition coefficient (Wildman–Crippen LogP) is 0.777. The highest BCUT2D eigenvalue weighted by Gasteiger charge is 1.95. The van der Waals surface area contributed by atoms with Gasteiger partial charge in [-0.25, -0.2) is 0 Å². The van der Waals surface area contributed by atoms with Crippen LogP contribution in [0.5, 0.6) is 5.75 Å². The number of halogens is 1. The molecule has 62 valence electrons. The van der Waals surface area contributed by atoms with Crippen LogP contribution in [-0.4, -0.2) is 5.11 Å². The van der Waals surface area contributed by atoms with Crippen molar-refractivity contribution in [1.29, 1.82) is 0 Å². The fourth-order valence-corrected chi connectivity index (χ4v) is 0.770. The third-order valence-electron chi connectivity index (χ3n) is 1.28. The fraction of sp³-hybridized carbons (Fsp3) is 0.143. The molecule has 1 aromatic rings. The predicted molar refractivity (Wildman–Crippen MR) is 46.4 cm³/mol. The maximum Gasteiger partial charge on any atom is 0.120 e. The summed E-state index contributed by atoms with van der Waals surface area (Å²) in [5.74, 6) is 5.35. The smallest absolute Gasteiger partial charge is 0.120 e. The van der Waals surface area contributed by atoms with Gasteiger partial charge in [0.15, 0.2) is 0 Å². The van der Waals surface area contributed by atoms with E-state index in [0.717, 1.165) is 5.56 Å². The molecule has 0 fully saturated rings. The summed E-state index contributed by atoms with van der Waals surface area (Å²) in [6, 6.07) is 7.07. The Labute approximate surface area is 71.6 Å². The second kappa shape index (κ2) is 4.96. The largest absolute Gasteiger partial charge is 0.508 e. The first-order valence-corrected chi connectivity index (χ1v) is 3.05. The van der Waals surface area contributed by atoms with Crippen LogP contribution in [0.15, 0.2) is 24.3 Å². The molecule has 1 rings (SSSR count). The molecule has 0 aliphatic heterocycles. The third-order valence-corrected chi connectivity index (χ3v) is 1.28. The summed E-state index contributed by atoms with van der Waals surface area (Å²) in [6.45, 7) is 0.493. The molecule has 0 spiro atoms. The van der Waals surface area contributed by atoms with E-state index in [9.17, 15) is 0 Å². The topological polar surface area (TPSA) is 58.3 Å². The van der Waals surface area contributed by atoms with Gasteiger partial charge in [0.25, 0.3) is 0 Å². The zero-order valence-electron chi connectivity index (χ0n) is 5.95. The van der Waals surface area contributed by atoms with Crippen LogP contribution in [0.2, 0.25) is 0 Å². The Balaban J connectivity index is 0.000001000. The summed E-state index contributed by atoms with van der Waals surface area (Å²) in [5, 5.41) is 9.15. The lowest BCUT2D eigenvalue weighted by atomic mass is 10.2. The van der Waals surface area contributed by atoms with Gasteiger partial charge in [-0.3, -0.25) is 11.3 Å². The second-order valence-electron chi connectivity index (χ2n) is 2.01. The highest BCUT2D eigenvalue weighted by molar-refractivity contribution is 5.85. The van der Waals surface area contributed by atoms with E-state index < -0.39 is 0 Å². The van der Waals surface area contributed by atoms with Gasteiger partial charge >= 0.3 is 0 Å². The highest BCUT2D eigenvalue weighted by atomic mass is 35.5. The lowest BCUT2D eigenvalue weighted by Crippen LogP contribution is -2.20. The summed E-state index contributed by atoms with van der Waals surface area (Å²) in [4.78, 5) is 0. The van der Waals surface area contributed by atoms with E-state index in [4.69, 9.17) is 10.9 Å². The van der Waals surface area contributed by atoms with Crippen LogP contribution in [0.4, 0.5) is 0 Å². The van der Waals surface area contributed by atoms with Gasteiger partial charge < -0.3 is 5.11 Å². The number of phenols is 1. The van der Waals surface area contributed by atoms with E-state index in [1.165, 1.54) is 0 Å². The molecule has 0 unspecified atom stereocenters. The van der Waals surface area contributed by atoms with E-state index in [0.29, 0.717) is 6.54 Å². The van der Waals surface area contributed by atoms with Gasteiger partial charge in [-0.2, -0.15) is 0 Å². The number of nitrogens with one attached hydrogen (secondary N) is 1. The quantitative estimate of drug-likeness (QED) is 0.459. The molecule has 0 radical (unpaired) electrons. The highest BCUT2D eigenvalue weighted by Crippen LogP contribution is 2.13. The molecule has 1 aromatic carbocycles. The number of nitrogens with two attached hydrogens (primary N) is 1. The van der Waals surface area contributed by atoms with E-state index >= 15 is 0 Å². The molecule has 4 N–H and O–H groups in total. The molecule has 0 aromatic heterocycles. The Morgan fingerprint density at radius 2 is 2.00 bits per heavy atom. The minimum Gasteiger partial charge on any atom is -0.508 e. The van der Waals surface area contributed by atoms with Gasteiger partial charge in [0, 0.05) is 12.1 Å². The van der Waals surface area contributed by atoms with E-state index in [1.54, 1.807) is 12.1 Å². The van der Waals surface area contributed by atoms with Crippen molar-refractivity contribution in [3.8, 4) is 5.75 Å². The Morgan fingerprint density at radius 3 is 2.55 bits per heavy atom. The summed E-state index contributed by atoms with van der Waals surface area (Å²) in [6.07, 6.45) is 0. The van der Waals surface area contributed by atoms with Crippen LogP contribution >= 0.6 is 12.4 Å². The third kappa shape index (κ3) is 2.76. The SMILES string of the molecule is Cl.NNCc1ccccc1O. The molecule has 11 heavy (non-hydrogen) atoms. The minimum absolute atomic E-state index is 0. The number of hydrogen-bond acceptors (Lipinski definition) is 3. The number of para-hydroxylation sites is 1. The maximum atomic E-state index is 9.15. The number of phenolic OH excluding ortho intramolecular Hbond substituents is 1. The monoisotopic (exact) mass is 174 g/mol. The number of aromatic hydroxyl groups is 1. The first-order chi connectivity index (χ1) is 4.84. The average molecular weight is 175 g/mol. The van der Waals surface area contributed by atoms with E-state index in [2.05, 4.69) is 5.43 Å². The van der Waals surface area contributed by atoms with Crippen molar-refractivity contribution < 1.29 is 5.11 Å². The Bertz CT molecular complexity index is 217. The molecule has 0 heterocycles. The average Bonchev–Trinajstić information content (AvgIpc) is 1.94. The zero-order chi connectivity index (χ0) is 7.40. The van der Waals surface area contributed by atoms with Crippen molar-refractivity contribution in [3.63, 3.8) is 0 Å². The number of hydrogen-bond donors (Lipinski definition) is 3. The van der Waals surface area contributed by atoms with Crippen molar-refractivity contribution in [2.75, 3.05) is 0 Å². The molecule has 0 saturated carbocycles. The molecule has 0 aliphatic carbocycles. The molecule has 0 atom stereocenters. The van der Waals surface area contributed by atoms with E-state index in [-0.39, 0.29) is 18.2 Å². The van der Waals surface area contributed by atoms with Crippen molar-refractivity contribution in [2.24, 2.45) is 5.84 Å². The Kier molecular flexibility index (Phi) is 4.61. The Hall–Kier alpha value is -0.770. The first kappa shape index (κ1) is 10.2. The summed E-state index contributed by atoms with van der Waals surface area (Å²) >= 11 is 0. The van der Waals surface area contributed by atoms with E-state index in [1.807, 2.05) is 12.1 Å². The first-order valence-electron chi connectivity index (χ1n) is 3.05. The van der Waals surface area contributed by atoms with Crippen LogP contribution in [0.3, 0.4) is 0 Å². The van der Waals surface area contributed by atoms with Crippen molar-refractivity contribution in [2.45, 2.75) is 6.54 Å². The van der Waals surface area contributed by atoms with Crippen LogP contribution in [0, 0.1) is 0 Å². The van der Waals surface area contributed by atoms with Gasteiger partial charge in [0.1, 0.15) is 5.75 Å². The molecule has 0 bridgehead atoms. The normalized spacial score (nSPS) is 8.82. The van der Waals surface area contributed by atoms with Gasteiger partial charge in [-0.1, -0.05) is 18.2 Å². The molecule has 0 saturated heterocycles.